The summed E-state index contributed by atoms with van der Waals surface area (Å²) in [7, 11) is 1.48. The van der Waals surface area contributed by atoms with Gasteiger partial charge in [0.05, 0.1) is 7.11 Å². The van der Waals surface area contributed by atoms with Crippen LogP contribution in [-0.4, -0.2) is 43.3 Å². The topological polar surface area (TPSA) is 111 Å². The summed E-state index contributed by atoms with van der Waals surface area (Å²) in [4.78, 5) is 47.6. The lowest BCUT2D eigenvalue weighted by molar-refractivity contribution is -0.152. The van der Waals surface area contributed by atoms with Gasteiger partial charge in [-0.1, -0.05) is 18.2 Å². The number of ketones is 1. The second-order valence-electron chi connectivity index (χ2n) is 6.17. The van der Waals surface area contributed by atoms with E-state index in [1.807, 2.05) is 0 Å². The van der Waals surface area contributed by atoms with Crippen LogP contribution >= 0.6 is 0 Å². The van der Waals surface area contributed by atoms with Crippen molar-refractivity contribution in [3.05, 3.63) is 59.7 Å². The van der Waals surface area contributed by atoms with Gasteiger partial charge in [-0.2, -0.15) is 0 Å². The molecule has 0 heterocycles. The van der Waals surface area contributed by atoms with Gasteiger partial charge in [0, 0.05) is 16.8 Å². The predicted octanol–water partition coefficient (Wildman–Crippen LogP) is 2.20. The predicted molar refractivity (Wildman–Crippen MR) is 106 cm³/mol. The second-order valence-corrected chi connectivity index (χ2v) is 6.17. The van der Waals surface area contributed by atoms with E-state index in [-0.39, 0.29) is 5.78 Å². The minimum absolute atomic E-state index is 0.132. The number of carbonyl (C=O) groups is 4. The van der Waals surface area contributed by atoms with Crippen molar-refractivity contribution in [3.8, 4) is 5.75 Å². The molecule has 0 radical (unpaired) electrons. The number of rotatable bonds is 8. The van der Waals surface area contributed by atoms with E-state index in [9.17, 15) is 19.2 Å². The third kappa shape index (κ3) is 6.46. The fourth-order valence-electron chi connectivity index (χ4n) is 2.37. The maximum Gasteiger partial charge on any atom is 0.326 e. The smallest absolute Gasteiger partial charge is 0.326 e. The number of hydrogen-bond donors (Lipinski definition) is 2. The van der Waals surface area contributed by atoms with Gasteiger partial charge in [-0.3, -0.25) is 19.2 Å². The van der Waals surface area contributed by atoms with Crippen LogP contribution < -0.4 is 15.4 Å². The third-order valence-electron chi connectivity index (χ3n) is 3.94. The first-order valence-electron chi connectivity index (χ1n) is 8.83. The van der Waals surface area contributed by atoms with E-state index in [4.69, 9.17) is 9.47 Å². The molecule has 2 aromatic rings. The van der Waals surface area contributed by atoms with Crippen molar-refractivity contribution < 1.29 is 28.7 Å². The van der Waals surface area contributed by atoms with Crippen LogP contribution in [0.25, 0.3) is 0 Å². The summed E-state index contributed by atoms with van der Waals surface area (Å²) in [6.45, 7) is 2.44. The van der Waals surface area contributed by atoms with Crippen molar-refractivity contribution >= 4 is 29.3 Å². The van der Waals surface area contributed by atoms with Crippen LogP contribution in [0.1, 0.15) is 34.6 Å². The molecule has 152 valence electrons. The molecule has 29 heavy (non-hydrogen) atoms. The Hall–Kier alpha value is -3.68. The average Bonchev–Trinajstić information content (AvgIpc) is 2.72. The van der Waals surface area contributed by atoms with Crippen molar-refractivity contribution in [2.45, 2.75) is 20.0 Å². The van der Waals surface area contributed by atoms with Crippen LogP contribution in [0.2, 0.25) is 0 Å². The molecule has 0 aliphatic heterocycles. The maximum absolute atomic E-state index is 12.2. The zero-order valence-corrected chi connectivity index (χ0v) is 16.4. The monoisotopic (exact) mass is 398 g/mol. The number of Topliss-reactive ketones (excluding diaryl/α,β-unsaturated/α-hetero) is 1. The number of esters is 1. The zero-order chi connectivity index (χ0) is 21.4. The van der Waals surface area contributed by atoms with E-state index in [2.05, 4.69) is 10.6 Å². The van der Waals surface area contributed by atoms with Gasteiger partial charge in [-0.15, -0.1) is 0 Å². The normalized spacial score (nSPS) is 11.1. The molecule has 0 fully saturated rings. The molecular weight excluding hydrogens is 376 g/mol. The first kappa shape index (κ1) is 21.6. The van der Waals surface area contributed by atoms with Crippen molar-refractivity contribution in [1.82, 2.24) is 5.32 Å². The summed E-state index contributed by atoms with van der Waals surface area (Å²) in [5, 5.41) is 5.00. The second kappa shape index (κ2) is 10.0. The Morgan fingerprint density at radius 1 is 1.00 bits per heavy atom. The lowest BCUT2D eigenvalue weighted by Gasteiger charge is -2.14. The standard InChI is InChI=1S/C21H22N2O6/c1-13(24)15-6-4-8-17(10-15)23-20(26)14(2)29-19(25)12-22-21(27)16-7-5-9-18(11-16)28-3/h4-11,14H,12H2,1-3H3,(H,22,27)(H,23,26)/t14-/m0/s1. The average molecular weight is 398 g/mol. The molecule has 0 aromatic heterocycles. The van der Waals surface area contributed by atoms with Crippen molar-refractivity contribution in [1.29, 1.82) is 0 Å². The van der Waals surface area contributed by atoms with Gasteiger partial charge in [0.2, 0.25) is 0 Å². The van der Waals surface area contributed by atoms with Crippen molar-refractivity contribution in [2.24, 2.45) is 0 Å². The number of benzene rings is 2. The van der Waals surface area contributed by atoms with Gasteiger partial charge >= 0.3 is 5.97 Å². The first-order chi connectivity index (χ1) is 13.8. The molecule has 1 atom stereocenters. The first-order valence-corrected chi connectivity index (χ1v) is 8.83. The number of nitrogens with one attached hydrogen (secondary N) is 2. The van der Waals surface area contributed by atoms with Gasteiger partial charge in [-0.05, 0) is 44.2 Å². The Morgan fingerprint density at radius 2 is 1.69 bits per heavy atom. The molecule has 2 aromatic carbocycles. The summed E-state index contributed by atoms with van der Waals surface area (Å²) >= 11 is 0. The van der Waals surface area contributed by atoms with Gasteiger partial charge in [0.1, 0.15) is 12.3 Å². The molecule has 0 saturated heterocycles. The van der Waals surface area contributed by atoms with Gasteiger partial charge < -0.3 is 20.1 Å². The highest BCUT2D eigenvalue weighted by Gasteiger charge is 2.19. The highest BCUT2D eigenvalue weighted by Crippen LogP contribution is 2.13. The molecule has 0 saturated carbocycles. The summed E-state index contributed by atoms with van der Waals surface area (Å²) < 4.78 is 10.1. The third-order valence-corrected chi connectivity index (χ3v) is 3.94. The van der Waals surface area contributed by atoms with Crippen LogP contribution in [0.4, 0.5) is 5.69 Å². The number of carbonyl (C=O) groups excluding carboxylic acids is 4. The molecule has 8 nitrogen and oxygen atoms in total. The summed E-state index contributed by atoms with van der Waals surface area (Å²) in [6, 6.07) is 12.9. The number of amides is 2. The Balaban J connectivity index is 1.84. The number of hydrogen-bond acceptors (Lipinski definition) is 6. The SMILES string of the molecule is COc1cccc(C(=O)NCC(=O)O[C@@H](C)C(=O)Nc2cccc(C(C)=O)c2)c1. The molecule has 0 aliphatic carbocycles. The lowest BCUT2D eigenvalue weighted by Crippen LogP contribution is -2.35. The molecule has 2 rings (SSSR count). The van der Waals surface area contributed by atoms with Crippen LogP contribution in [0.3, 0.4) is 0 Å². The Morgan fingerprint density at radius 3 is 2.38 bits per heavy atom. The van der Waals surface area contributed by atoms with Crippen molar-refractivity contribution in [2.75, 3.05) is 19.0 Å². The lowest BCUT2D eigenvalue weighted by atomic mass is 10.1. The molecule has 0 spiro atoms. The molecule has 8 heteroatoms. The van der Waals surface area contributed by atoms with Crippen LogP contribution in [0.15, 0.2) is 48.5 Å². The van der Waals surface area contributed by atoms with Gasteiger partial charge in [-0.25, -0.2) is 0 Å². The molecule has 2 N–H and O–H groups in total. The molecule has 0 aliphatic rings. The minimum atomic E-state index is -1.09. The molecule has 0 bridgehead atoms. The summed E-state index contributed by atoms with van der Waals surface area (Å²) in [6.07, 6.45) is -1.09. The maximum atomic E-state index is 12.2. The van der Waals surface area contributed by atoms with Gasteiger partial charge in [0.25, 0.3) is 11.8 Å². The van der Waals surface area contributed by atoms with E-state index in [0.29, 0.717) is 22.6 Å². The Kier molecular flexibility index (Phi) is 7.47. The minimum Gasteiger partial charge on any atom is -0.497 e. The van der Waals surface area contributed by atoms with E-state index in [1.54, 1.807) is 36.4 Å². The molecule has 2 amide bonds. The largest absolute Gasteiger partial charge is 0.497 e. The van der Waals surface area contributed by atoms with Crippen molar-refractivity contribution in [3.63, 3.8) is 0 Å². The van der Waals surface area contributed by atoms with E-state index < -0.39 is 30.4 Å². The molecule has 0 unspecified atom stereocenters. The Bertz CT molecular complexity index is 925. The Labute approximate surface area is 168 Å². The number of methoxy groups -OCH3 is 1. The van der Waals surface area contributed by atoms with Crippen LogP contribution in [0, 0.1) is 0 Å². The summed E-state index contributed by atoms with van der Waals surface area (Å²) in [5.74, 6) is -1.41. The van der Waals surface area contributed by atoms with E-state index in [1.165, 1.54) is 33.1 Å². The van der Waals surface area contributed by atoms with Crippen LogP contribution in [0.5, 0.6) is 5.75 Å². The zero-order valence-electron chi connectivity index (χ0n) is 16.4. The van der Waals surface area contributed by atoms with E-state index in [0.717, 1.165) is 0 Å². The molecular formula is C21H22N2O6. The fraction of sp³-hybridized carbons (Fsp3) is 0.238. The summed E-state index contributed by atoms with van der Waals surface area (Å²) in [5.41, 5.74) is 1.19. The highest BCUT2D eigenvalue weighted by atomic mass is 16.5. The quantitative estimate of drug-likeness (QED) is 0.521. The number of anilines is 1. The highest BCUT2D eigenvalue weighted by molar-refractivity contribution is 5.99. The fourth-order valence-corrected chi connectivity index (χ4v) is 2.37. The van der Waals surface area contributed by atoms with Crippen LogP contribution in [-0.2, 0) is 14.3 Å². The number of ether oxygens (including phenoxy) is 2. The van der Waals surface area contributed by atoms with E-state index >= 15 is 0 Å². The van der Waals surface area contributed by atoms with Gasteiger partial charge in [0.15, 0.2) is 11.9 Å².